The second-order valence-electron chi connectivity index (χ2n) is 7.35. The van der Waals surface area contributed by atoms with Gasteiger partial charge in [0.2, 0.25) is 0 Å². The minimum absolute atomic E-state index is 0.223. The van der Waals surface area contributed by atoms with Gasteiger partial charge in [-0.2, -0.15) is 0 Å². The molecule has 0 unspecified atom stereocenters. The van der Waals surface area contributed by atoms with Crippen molar-refractivity contribution in [1.29, 1.82) is 0 Å². The Morgan fingerprint density at radius 2 is 1.55 bits per heavy atom. The molecule has 4 aromatic rings. The van der Waals surface area contributed by atoms with Gasteiger partial charge in [-0.15, -0.1) is 0 Å². The van der Waals surface area contributed by atoms with Crippen molar-refractivity contribution >= 4 is 28.9 Å². The summed E-state index contributed by atoms with van der Waals surface area (Å²) in [7, 11) is 0. The summed E-state index contributed by atoms with van der Waals surface area (Å²) in [6, 6.07) is 23.7. The van der Waals surface area contributed by atoms with Gasteiger partial charge in [-0.05, 0) is 43.3 Å². The third-order valence-electron chi connectivity index (χ3n) is 5.44. The molecule has 2 N–H and O–H groups in total. The highest BCUT2D eigenvalue weighted by molar-refractivity contribution is 6.34. The van der Waals surface area contributed by atoms with E-state index in [0.717, 1.165) is 0 Å². The number of aryl methyl sites for hydroxylation is 1. The Balaban J connectivity index is 1.72. The van der Waals surface area contributed by atoms with Gasteiger partial charge in [0, 0.05) is 11.4 Å². The molecule has 0 radical (unpaired) electrons. The fourth-order valence-electron chi connectivity index (χ4n) is 3.99. The van der Waals surface area contributed by atoms with Crippen LogP contribution in [0, 0.1) is 6.92 Å². The molecule has 7 heteroatoms. The van der Waals surface area contributed by atoms with Gasteiger partial charge >= 0.3 is 0 Å². The number of halogens is 1. The molecule has 0 fully saturated rings. The standard InChI is InChI=1S/C24H19ClN4O2/c1-15-21(24(31)29(27-15)16-9-3-2-4-10-16)22-26-19-13-7-5-11-17(19)23(30)28(22)20-14-8-6-12-18(20)25/h2-14,22,26-27H,1H3/t22-/m0/s1. The molecular weight excluding hydrogens is 412 g/mol. The lowest BCUT2D eigenvalue weighted by Gasteiger charge is -2.37. The summed E-state index contributed by atoms with van der Waals surface area (Å²) in [4.78, 5) is 28.6. The third-order valence-corrected chi connectivity index (χ3v) is 5.76. The van der Waals surface area contributed by atoms with Gasteiger partial charge in [0.15, 0.2) is 0 Å². The van der Waals surface area contributed by atoms with Crippen molar-refractivity contribution in [2.45, 2.75) is 13.1 Å². The maximum absolute atomic E-state index is 13.6. The number of rotatable bonds is 3. The topological polar surface area (TPSA) is 70.1 Å². The Morgan fingerprint density at radius 3 is 2.32 bits per heavy atom. The van der Waals surface area contributed by atoms with Crippen LogP contribution in [0.2, 0.25) is 5.02 Å². The second-order valence-corrected chi connectivity index (χ2v) is 7.75. The highest BCUT2D eigenvalue weighted by atomic mass is 35.5. The molecule has 1 amide bonds. The fourth-order valence-corrected chi connectivity index (χ4v) is 4.22. The van der Waals surface area contributed by atoms with Crippen molar-refractivity contribution in [1.82, 2.24) is 9.78 Å². The van der Waals surface area contributed by atoms with Gasteiger partial charge in [0.05, 0.1) is 27.5 Å². The van der Waals surface area contributed by atoms with Crippen molar-refractivity contribution in [3.05, 3.63) is 111 Å². The largest absolute Gasteiger partial charge is 0.360 e. The molecule has 1 aromatic heterocycles. The minimum Gasteiger partial charge on any atom is -0.360 e. The van der Waals surface area contributed by atoms with Crippen LogP contribution < -0.4 is 15.8 Å². The zero-order chi connectivity index (χ0) is 21.5. The quantitative estimate of drug-likeness (QED) is 0.485. The molecule has 5 rings (SSSR count). The maximum Gasteiger partial charge on any atom is 0.278 e. The molecular formula is C24H19ClN4O2. The summed E-state index contributed by atoms with van der Waals surface area (Å²) < 4.78 is 1.49. The molecule has 31 heavy (non-hydrogen) atoms. The summed E-state index contributed by atoms with van der Waals surface area (Å²) in [6.45, 7) is 1.83. The number of para-hydroxylation sites is 3. The number of hydrogen-bond donors (Lipinski definition) is 2. The third kappa shape index (κ3) is 3.12. The van der Waals surface area contributed by atoms with Crippen LogP contribution in [0.5, 0.6) is 0 Å². The van der Waals surface area contributed by atoms with Crippen molar-refractivity contribution in [3.63, 3.8) is 0 Å². The molecule has 6 nitrogen and oxygen atoms in total. The van der Waals surface area contributed by atoms with Gasteiger partial charge in [-0.25, -0.2) is 4.68 Å². The zero-order valence-corrected chi connectivity index (χ0v) is 17.4. The first-order valence-corrected chi connectivity index (χ1v) is 10.2. The number of anilines is 2. The first-order valence-electron chi connectivity index (χ1n) is 9.87. The van der Waals surface area contributed by atoms with Crippen LogP contribution in [0.25, 0.3) is 5.69 Å². The number of carbonyl (C=O) groups excluding carboxylic acids is 1. The zero-order valence-electron chi connectivity index (χ0n) is 16.7. The Hall–Kier alpha value is -3.77. The molecule has 0 saturated carbocycles. The van der Waals surface area contributed by atoms with Crippen LogP contribution in [-0.4, -0.2) is 15.7 Å². The number of nitrogens with one attached hydrogen (secondary N) is 2. The van der Waals surface area contributed by atoms with Crippen LogP contribution in [0.1, 0.15) is 27.8 Å². The average Bonchev–Trinajstić information content (AvgIpc) is 3.09. The SMILES string of the molecule is Cc1[nH]n(-c2ccccc2)c(=O)c1[C@H]1Nc2ccccc2C(=O)N1c1ccccc1Cl. The molecule has 3 aromatic carbocycles. The fraction of sp³-hybridized carbons (Fsp3) is 0.0833. The number of H-pyrrole nitrogens is 1. The normalized spacial score (nSPS) is 15.5. The van der Waals surface area contributed by atoms with E-state index >= 15 is 0 Å². The van der Waals surface area contributed by atoms with E-state index in [4.69, 9.17) is 11.6 Å². The Bertz CT molecular complexity index is 1340. The number of carbonyl (C=O) groups is 1. The molecule has 1 aliphatic rings. The van der Waals surface area contributed by atoms with E-state index in [-0.39, 0.29) is 11.5 Å². The maximum atomic E-state index is 13.6. The van der Waals surface area contributed by atoms with E-state index in [1.54, 1.807) is 29.2 Å². The molecule has 0 aliphatic carbocycles. The number of aromatic amines is 1. The highest BCUT2D eigenvalue weighted by Crippen LogP contribution is 2.39. The van der Waals surface area contributed by atoms with Crippen LogP contribution >= 0.6 is 11.6 Å². The smallest absolute Gasteiger partial charge is 0.278 e. The van der Waals surface area contributed by atoms with Crippen molar-refractivity contribution in [2.75, 3.05) is 10.2 Å². The molecule has 1 atom stereocenters. The van der Waals surface area contributed by atoms with Crippen molar-refractivity contribution in [2.24, 2.45) is 0 Å². The average molecular weight is 431 g/mol. The molecule has 2 heterocycles. The molecule has 0 saturated heterocycles. The van der Waals surface area contributed by atoms with E-state index < -0.39 is 6.17 Å². The van der Waals surface area contributed by atoms with Gasteiger partial charge in [-0.3, -0.25) is 19.6 Å². The van der Waals surface area contributed by atoms with Gasteiger partial charge in [0.25, 0.3) is 11.5 Å². The van der Waals surface area contributed by atoms with E-state index in [1.807, 2.05) is 61.5 Å². The number of aromatic nitrogens is 2. The van der Waals surface area contributed by atoms with Gasteiger partial charge in [0.1, 0.15) is 6.17 Å². The lowest BCUT2D eigenvalue weighted by Crippen LogP contribution is -2.45. The number of amides is 1. The van der Waals surface area contributed by atoms with Gasteiger partial charge in [-0.1, -0.05) is 54.1 Å². The predicted molar refractivity (Wildman–Crippen MR) is 122 cm³/mol. The Labute approximate surface area is 183 Å². The summed E-state index contributed by atoms with van der Waals surface area (Å²) >= 11 is 6.47. The Morgan fingerprint density at radius 1 is 0.871 bits per heavy atom. The molecule has 154 valence electrons. The summed E-state index contributed by atoms with van der Waals surface area (Å²) in [5, 5.41) is 6.95. The monoisotopic (exact) mass is 430 g/mol. The number of nitrogens with zero attached hydrogens (tertiary/aromatic N) is 2. The lowest BCUT2D eigenvalue weighted by molar-refractivity contribution is 0.0975. The van der Waals surface area contributed by atoms with Crippen LogP contribution in [-0.2, 0) is 0 Å². The molecule has 1 aliphatic heterocycles. The van der Waals surface area contributed by atoms with Crippen LogP contribution in [0.4, 0.5) is 11.4 Å². The predicted octanol–water partition coefficient (Wildman–Crippen LogP) is 4.90. The summed E-state index contributed by atoms with van der Waals surface area (Å²) in [6.07, 6.45) is -0.726. The summed E-state index contributed by atoms with van der Waals surface area (Å²) in [5.41, 5.74) is 3.33. The minimum atomic E-state index is -0.726. The van der Waals surface area contributed by atoms with E-state index in [2.05, 4.69) is 10.4 Å². The number of hydrogen-bond acceptors (Lipinski definition) is 3. The number of benzene rings is 3. The first-order chi connectivity index (χ1) is 15.1. The van der Waals surface area contributed by atoms with Crippen molar-refractivity contribution in [3.8, 4) is 5.69 Å². The highest BCUT2D eigenvalue weighted by Gasteiger charge is 2.38. The lowest BCUT2D eigenvalue weighted by atomic mass is 10.0. The van der Waals surface area contributed by atoms with Gasteiger partial charge < -0.3 is 5.32 Å². The van der Waals surface area contributed by atoms with E-state index in [1.165, 1.54) is 4.68 Å². The first kappa shape index (κ1) is 19.2. The molecule has 0 spiro atoms. The van der Waals surface area contributed by atoms with E-state index in [0.29, 0.717) is 38.9 Å². The molecule has 0 bridgehead atoms. The summed E-state index contributed by atoms with van der Waals surface area (Å²) in [5.74, 6) is -0.223. The Kier molecular flexibility index (Phi) is 4.64. The van der Waals surface area contributed by atoms with Crippen molar-refractivity contribution < 1.29 is 4.79 Å². The van der Waals surface area contributed by atoms with E-state index in [9.17, 15) is 9.59 Å². The second kappa shape index (κ2) is 7.49. The van der Waals surface area contributed by atoms with Crippen LogP contribution in [0.15, 0.2) is 83.7 Å². The number of fused-ring (bicyclic) bond motifs is 1. The van der Waals surface area contributed by atoms with Crippen LogP contribution in [0.3, 0.4) is 0 Å².